The van der Waals surface area contributed by atoms with Crippen LogP contribution in [0.4, 0.5) is 18.9 Å². The van der Waals surface area contributed by atoms with E-state index in [0.29, 0.717) is 25.0 Å². The number of nitrogens with zero attached hydrogens (tertiary/aromatic N) is 1. The lowest BCUT2D eigenvalue weighted by atomic mass is 10.0. The Morgan fingerprint density at radius 2 is 1.84 bits per heavy atom. The second-order valence-electron chi connectivity index (χ2n) is 8.41. The molecule has 0 aliphatic carbocycles. The van der Waals surface area contributed by atoms with Crippen molar-refractivity contribution >= 4 is 35.2 Å². The Labute approximate surface area is 217 Å². The monoisotopic (exact) mass is 538 g/mol. The standard InChI is InChI=1S/C25H29F3N4O4S/c1-2-36-23(34)14-30-18-5-3-15(4-6-18)13-31-24(35)25-32(7-8-37-25)22(33)11-17(29)9-16-10-20(27)21(28)12-19(16)26/h3-6,10,12,17,25,30H,2,7-9,11,13-14,29H2,1H3,(H,31,35)/t17-,25-/m1/s1. The number of amides is 2. The third kappa shape index (κ3) is 8.12. The molecule has 0 spiro atoms. The average molecular weight is 539 g/mol. The number of carbonyl (C=O) groups is 3. The minimum Gasteiger partial charge on any atom is -0.465 e. The predicted octanol–water partition coefficient (Wildman–Crippen LogP) is 2.56. The van der Waals surface area contributed by atoms with E-state index in [1.54, 1.807) is 31.2 Å². The maximum atomic E-state index is 13.9. The second-order valence-corrected chi connectivity index (χ2v) is 9.60. The van der Waals surface area contributed by atoms with E-state index < -0.39 is 28.9 Å². The van der Waals surface area contributed by atoms with Gasteiger partial charge in [-0.15, -0.1) is 11.8 Å². The fourth-order valence-corrected chi connectivity index (χ4v) is 4.93. The molecular weight excluding hydrogens is 509 g/mol. The molecule has 1 fully saturated rings. The van der Waals surface area contributed by atoms with E-state index in [1.165, 1.54) is 16.7 Å². The first kappa shape index (κ1) is 28.3. The summed E-state index contributed by atoms with van der Waals surface area (Å²) in [5, 5.41) is 5.03. The lowest BCUT2D eigenvalue weighted by Crippen LogP contribution is -2.46. The Bertz CT molecular complexity index is 1120. The van der Waals surface area contributed by atoms with Gasteiger partial charge in [0.1, 0.15) is 12.4 Å². The number of hydrogen-bond donors (Lipinski definition) is 3. The number of rotatable bonds is 11. The van der Waals surface area contributed by atoms with Crippen molar-refractivity contribution in [2.45, 2.75) is 37.7 Å². The first-order valence-electron chi connectivity index (χ1n) is 11.7. The third-order valence-corrected chi connectivity index (χ3v) is 6.81. The molecule has 8 nitrogen and oxygen atoms in total. The molecule has 2 aromatic carbocycles. The molecule has 1 aliphatic heterocycles. The predicted molar refractivity (Wildman–Crippen MR) is 134 cm³/mol. The summed E-state index contributed by atoms with van der Waals surface area (Å²) in [6, 6.07) is 7.50. The van der Waals surface area contributed by atoms with Crippen molar-refractivity contribution in [1.82, 2.24) is 10.2 Å². The minimum atomic E-state index is -1.30. The fraction of sp³-hybridized carbons (Fsp3) is 0.400. The van der Waals surface area contributed by atoms with Gasteiger partial charge in [0.15, 0.2) is 17.0 Å². The summed E-state index contributed by atoms with van der Waals surface area (Å²) >= 11 is 1.32. The van der Waals surface area contributed by atoms with E-state index in [9.17, 15) is 27.6 Å². The Kier molecular flexibility index (Phi) is 10.2. The Morgan fingerprint density at radius 1 is 1.14 bits per heavy atom. The molecule has 0 saturated carbocycles. The highest BCUT2D eigenvalue weighted by atomic mass is 32.2. The Hall–Kier alpha value is -3.25. The SMILES string of the molecule is CCOC(=O)CNc1ccc(CNC(=O)[C@H]2SCCN2C(=O)C[C@H](N)Cc2cc(F)c(F)cc2F)cc1. The highest BCUT2D eigenvalue weighted by Gasteiger charge is 2.35. The second kappa shape index (κ2) is 13.3. The maximum absolute atomic E-state index is 13.9. The molecule has 1 aliphatic rings. The molecule has 0 radical (unpaired) electrons. The summed E-state index contributed by atoms with van der Waals surface area (Å²) in [5.74, 6) is -3.92. The first-order valence-corrected chi connectivity index (χ1v) is 12.8. The zero-order valence-corrected chi connectivity index (χ0v) is 21.1. The Balaban J connectivity index is 1.49. The fourth-order valence-electron chi connectivity index (χ4n) is 3.76. The molecule has 200 valence electrons. The lowest BCUT2D eigenvalue weighted by Gasteiger charge is -2.24. The number of nitrogens with one attached hydrogen (secondary N) is 2. The van der Waals surface area contributed by atoms with Crippen molar-refractivity contribution in [3.05, 3.63) is 65.0 Å². The van der Waals surface area contributed by atoms with Crippen molar-refractivity contribution in [3.8, 4) is 0 Å². The molecule has 4 N–H and O–H groups in total. The lowest BCUT2D eigenvalue weighted by molar-refractivity contribution is -0.141. The minimum absolute atomic E-state index is 0.0477. The molecule has 1 saturated heterocycles. The van der Waals surface area contributed by atoms with Crippen molar-refractivity contribution < 1.29 is 32.3 Å². The molecule has 3 rings (SSSR count). The van der Waals surface area contributed by atoms with Crippen LogP contribution in [0.25, 0.3) is 0 Å². The zero-order valence-electron chi connectivity index (χ0n) is 20.3. The van der Waals surface area contributed by atoms with E-state index in [2.05, 4.69) is 10.6 Å². The largest absolute Gasteiger partial charge is 0.465 e. The average Bonchev–Trinajstić information content (AvgIpc) is 3.36. The van der Waals surface area contributed by atoms with Gasteiger partial charge < -0.3 is 26.0 Å². The summed E-state index contributed by atoms with van der Waals surface area (Å²) < 4.78 is 45.3. The van der Waals surface area contributed by atoms with Crippen LogP contribution in [0.3, 0.4) is 0 Å². The number of thioether (sulfide) groups is 1. The highest BCUT2D eigenvalue weighted by molar-refractivity contribution is 8.00. The molecular formula is C25H29F3N4O4S. The van der Waals surface area contributed by atoms with E-state index in [-0.39, 0.29) is 49.3 Å². The molecule has 12 heteroatoms. The number of ether oxygens (including phenoxy) is 1. The van der Waals surface area contributed by atoms with Gasteiger partial charge in [-0.05, 0) is 42.7 Å². The van der Waals surface area contributed by atoms with Crippen LogP contribution in [0.1, 0.15) is 24.5 Å². The molecule has 2 amide bonds. The van der Waals surface area contributed by atoms with Crippen LogP contribution in [0.2, 0.25) is 0 Å². The van der Waals surface area contributed by atoms with E-state index in [1.807, 2.05) is 0 Å². The topological polar surface area (TPSA) is 114 Å². The normalized spacial score (nSPS) is 15.8. The number of benzene rings is 2. The third-order valence-electron chi connectivity index (χ3n) is 5.61. The summed E-state index contributed by atoms with van der Waals surface area (Å²) in [5.41, 5.74) is 7.42. The van der Waals surface area contributed by atoms with Gasteiger partial charge >= 0.3 is 5.97 Å². The van der Waals surface area contributed by atoms with Crippen LogP contribution in [0.5, 0.6) is 0 Å². The molecule has 0 aromatic heterocycles. The number of esters is 1. The van der Waals surface area contributed by atoms with Gasteiger partial charge in [0.2, 0.25) is 5.91 Å². The van der Waals surface area contributed by atoms with E-state index in [4.69, 9.17) is 10.5 Å². The van der Waals surface area contributed by atoms with Gasteiger partial charge in [0.25, 0.3) is 5.91 Å². The highest BCUT2D eigenvalue weighted by Crippen LogP contribution is 2.25. The van der Waals surface area contributed by atoms with Crippen molar-refractivity contribution in [3.63, 3.8) is 0 Å². The van der Waals surface area contributed by atoms with Gasteiger partial charge in [0, 0.05) is 43.1 Å². The molecule has 37 heavy (non-hydrogen) atoms. The summed E-state index contributed by atoms with van der Waals surface area (Å²) in [4.78, 5) is 38.4. The number of hydrogen-bond acceptors (Lipinski definition) is 7. The van der Waals surface area contributed by atoms with Gasteiger partial charge in [-0.1, -0.05) is 12.1 Å². The number of carbonyl (C=O) groups excluding carboxylic acids is 3. The number of nitrogens with two attached hydrogens (primary N) is 1. The van der Waals surface area contributed by atoms with Crippen molar-refractivity contribution in [1.29, 1.82) is 0 Å². The van der Waals surface area contributed by atoms with Crippen LogP contribution in [0, 0.1) is 17.5 Å². The molecule has 0 bridgehead atoms. The van der Waals surface area contributed by atoms with Gasteiger partial charge in [-0.25, -0.2) is 13.2 Å². The van der Waals surface area contributed by atoms with Crippen LogP contribution < -0.4 is 16.4 Å². The van der Waals surface area contributed by atoms with Gasteiger partial charge in [0.05, 0.1) is 6.61 Å². The van der Waals surface area contributed by atoms with Gasteiger partial charge in [-0.3, -0.25) is 14.4 Å². The Morgan fingerprint density at radius 3 is 2.54 bits per heavy atom. The molecule has 0 unspecified atom stereocenters. The maximum Gasteiger partial charge on any atom is 0.325 e. The van der Waals surface area contributed by atoms with Crippen LogP contribution in [0.15, 0.2) is 36.4 Å². The quantitative estimate of drug-likeness (QED) is 0.298. The smallest absolute Gasteiger partial charge is 0.325 e. The molecule has 2 aromatic rings. The molecule has 1 heterocycles. The molecule has 2 atom stereocenters. The van der Waals surface area contributed by atoms with Crippen LogP contribution in [-0.2, 0) is 32.1 Å². The van der Waals surface area contributed by atoms with E-state index >= 15 is 0 Å². The number of halogens is 3. The van der Waals surface area contributed by atoms with E-state index in [0.717, 1.165) is 17.3 Å². The van der Waals surface area contributed by atoms with Crippen molar-refractivity contribution in [2.75, 3.05) is 30.8 Å². The number of anilines is 1. The summed E-state index contributed by atoms with van der Waals surface area (Å²) in [6.45, 7) is 2.69. The van der Waals surface area contributed by atoms with Gasteiger partial charge in [-0.2, -0.15) is 0 Å². The van der Waals surface area contributed by atoms with Crippen LogP contribution in [-0.4, -0.2) is 59.5 Å². The summed E-state index contributed by atoms with van der Waals surface area (Å²) in [6.07, 6.45) is -0.333. The zero-order chi connectivity index (χ0) is 26.9. The van der Waals surface area contributed by atoms with Crippen LogP contribution >= 0.6 is 11.8 Å². The van der Waals surface area contributed by atoms with Crippen molar-refractivity contribution in [2.24, 2.45) is 5.73 Å². The summed E-state index contributed by atoms with van der Waals surface area (Å²) in [7, 11) is 0. The first-order chi connectivity index (χ1) is 17.7.